The van der Waals surface area contributed by atoms with Gasteiger partial charge in [0.1, 0.15) is 0 Å². The highest BCUT2D eigenvalue weighted by atomic mass is 32.2. The first-order valence-electron chi connectivity index (χ1n) is 5.38. The summed E-state index contributed by atoms with van der Waals surface area (Å²) in [5.41, 5.74) is 2.47. The van der Waals surface area contributed by atoms with E-state index in [1.807, 2.05) is 18.2 Å². The van der Waals surface area contributed by atoms with Crippen molar-refractivity contribution >= 4 is 10.2 Å². The van der Waals surface area contributed by atoms with E-state index in [0.717, 1.165) is 18.4 Å². The van der Waals surface area contributed by atoms with Crippen LogP contribution in [0.1, 0.15) is 24.0 Å². The van der Waals surface area contributed by atoms with Crippen molar-refractivity contribution in [2.24, 2.45) is 5.14 Å². The molecule has 0 unspecified atom stereocenters. The van der Waals surface area contributed by atoms with E-state index < -0.39 is 10.2 Å². The number of rotatable bonds is 1. The summed E-state index contributed by atoms with van der Waals surface area (Å²) >= 11 is 0. The molecule has 1 aliphatic heterocycles. The Morgan fingerprint density at radius 3 is 2.56 bits per heavy atom. The molecule has 1 aromatic rings. The topological polar surface area (TPSA) is 63.4 Å². The molecule has 5 heteroatoms. The predicted molar refractivity (Wildman–Crippen MR) is 60.9 cm³/mol. The molecule has 0 bridgehead atoms. The maximum Gasteiger partial charge on any atom is 0.277 e. The van der Waals surface area contributed by atoms with Crippen molar-refractivity contribution < 1.29 is 8.42 Å². The van der Waals surface area contributed by atoms with Crippen LogP contribution >= 0.6 is 0 Å². The lowest BCUT2D eigenvalue weighted by molar-refractivity contribution is 0.345. The molecule has 86 valence electrons. The lowest BCUT2D eigenvalue weighted by Gasteiger charge is -2.32. The molecule has 1 aliphatic carbocycles. The average molecular weight is 238 g/mol. The summed E-state index contributed by atoms with van der Waals surface area (Å²) in [7, 11) is -3.57. The fourth-order valence-electron chi connectivity index (χ4n) is 2.60. The molecule has 1 aromatic carbocycles. The molecule has 0 radical (unpaired) electrons. The maximum absolute atomic E-state index is 11.4. The minimum absolute atomic E-state index is 0.0568. The molecule has 3 rings (SSSR count). The molecule has 0 amide bonds. The van der Waals surface area contributed by atoms with Crippen molar-refractivity contribution in [3.63, 3.8) is 0 Å². The van der Waals surface area contributed by atoms with Crippen LogP contribution in [0.15, 0.2) is 24.3 Å². The fraction of sp³-hybridized carbons (Fsp3) is 0.455. The van der Waals surface area contributed by atoms with Gasteiger partial charge in [-0.1, -0.05) is 24.3 Å². The second-order valence-corrected chi connectivity index (χ2v) is 6.30. The Morgan fingerprint density at radius 2 is 1.94 bits per heavy atom. The zero-order chi connectivity index (χ0) is 11.4. The maximum atomic E-state index is 11.4. The van der Waals surface area contributed by atoms with Gasteiger partial charge in [0.05, 0.1) is 0 Å². The number of benzene rings is 1. The van der Waals surface area contributed by atoms with Gasteiger partial charge in [0.2, 0.25) is 0 Å². The highest BCUT2D eigenvalue weighted by Crippen LogP contribution is 2.52. The van der Waals surface area contributed by atoms with E-state index in [2.05, 4.69) is 6.07 Å². The summed E-state index contributed by atoms with van der Waals surface area (Å²) in [4.78, 5) is 0. The summed E-state index contributed by atoms with van der Waals surface area (Å²) in [6.45, 7) is 0.958. The first-order valence-corrected chi connectivity index (χ1v) is 6.88. The van der Waals surface area contributed by atoms with Gasteiger partial charge < -0.3 is 0 Å². The van der Waals surface area contributed by atoms with E-state index in [0.29, 0.717) is 13.1 Å². The zero-order valence-corrected chi connectivity index (χ0v) is 9.70. The first-order chi connectivity index (χ1) is 7.51. The van der Waals surface area contributed by atoms with Crippen molar-refractivity contribution in [3.8, 4) is 0 Å². The highest BCUT2D eigenvalue weighted by Gasteiger charge is 2.50. The Morgan fingerprint density at radius 1 is 1.25 bits per heavy atom. The summed E-state index contributed by atoms with van der Waals surface area (Å²) in [5.74, 6) is 0. The third kappa shape index (κ3) is 1.47. The molecular weight excluding hydrogens is 224 g/mol. The summed E-state index contributed by atoms with van der Waals surface area (Å²) in [5, 5.41) is 5.21. The predicted octanol–water partition coefficient (Wildman–Crippen LogP) is 0.737. The quantitative estimate of drug-likeness (QED) is 0.784. The van der Waals surface area contributed by atoms with Crippen molar-refractivity contribution in [2.45, 2.75) is 24.8 Å². The SMILES string of the molecule is NS(=O)(=O)N1Cc2ccccc2C2(CC2)C1. The van der Waals surface area contributed by atoms with Gasteiger partial charge in [-0.3, -0.25) is 0 Å². The Hall–Kier alpha value is -0.910. The van der Waals surface area contributed by atoms with Gasteiger partial charge in [-0.25, -0.2) is 5.14 Å². The average Bonchev–Trinajstić information content (AvgIpc) is 2.97. The lowest BCUT2D eigenvalue weighted by Crippen LogP contribution is -2.44. The second kappa shape index (κ2) is 3.06. The van der Waals surface area contributed by atoms with Crippen molar-refractivity contribution in [1.29, 1.82) is 0 Å². The van der Waals surface area contributed by atoms with Gasteiger partial charge in [0, 0.05) is 18.5 Å². The smallest absolute Gasteiger partial charge is 0.216 e. The third-order valence-electron chi connectivity index (χ3n) is 3.63. The van der Waals surface area contributed by atoms with Crippen LogP contribution in [0.3, 0.4) is 0 Å². The van der Waals surface area contributed by atoms with Crippen LogP contribution in [0, 0.1) is 0 Å². The van der Waals surface area contributed by atoms with Crippen LogP contribution in [0.25, 0.3) is 0 Å². The van der Waals surface area contributed by atoms with Gasteiger partial charge in [-0.2, -0.15) is 12.7 Å². The molecule has 1 saturated carbocycles. The Bertz CT molecular complexity index is 535. The Kier molecular flexibility index (Phi) is 1.96. The van der Waals surface area contributed by atoms with Gasteiger partial charge in [-0.05, 0) is 24.0 Å². The molecule has 1 heterocycles. The molecular formula is C11H14N2O2S. The minimum atomic E-state index is -3.57. The molecule has 0 saturated heterocycles. The largest absolute Gasteiger partial charge is 0.277 e. The highest BCUT2D eigenvalue weighted by molar-refractivity contribution is 7.86. The van der Waals surface area contributed by atoms with Gasteiger partial charge in [0.25, 0.3) is 10.2 Å². The van der Waals surface area contributed by atoms with Crippen LogP contribution in [0.4, 0.5) is 0 Å². The Balaban J connectivity index is 2.07. The minimum Gasteiger partial charge on any atom is -0.216 e. The summed E-state index contributed by atoms with van der Waals surface area (Å²) in [6.07, 6.45) is 2.13. The molecule has 0 aromatic heterocycles. The van der Waals surface area contributed by atoms with Crippen molar-refractivity contribution in [3.05, 3.63) is 35.4 Å². The number of hydrogen-bond acceptors (Lipinski definition) is 2. The van der Waals surface area contributed by atoms with E-state index in [1.54, 1.807) is 0 Å². The molecule has 2 N–H and O–H groups in total. The second-order valence-electron chi connectivity index (χ2n) is 4.75. The van der Waals surface area contributed by atoms with E-state index in [1.165, 1.54) is 9.87 Å². The van der Waals surface area contributed by atoms with E-state index >= 15 is 0 Å². The van der Waals surface area contributed by atoms with Crippen molar-refractivity contribution in [1.82, 2.24) is 4.31 Å². The fourth-order valence-corrected chi connectivity index (χ4v) is 3.35. The van der Waals surface area contributed by atoms with Crippen LogP contribution in [-0.4, -0.2) is 19.3 Å². The van der Waals surface area contributed by atoms with E-state index in [9.17, 15) is 8.42 Å². The number of nitrogens with two attached hydrogens (primary N) is 1. The van der Waals surface area contributed by atoms with Crippen LogP contribution in [0.2, 0.25) is 0 Å². The number of nitrogens with zero attached hydrogens (tertiary/aromatic N) is 1. The van der Waals surface area contributed by atoms with Crippen LogP contribution in [0.5, 0.6) is 0 Å². The Labute approximate surface area is 95.2 Å². The third-order valence-corrected chi connectivity index (χ3v) is 4.61. The molecule has 1 fully saturated rings. The molecule has 4 nitrogen and oxygen atoms in total. The van der Waals surface area contributed by atoms with Gasteiger partial charge in [0.15, 0.2) is 0 Å². The number of fused-ring (bicyclic) bond motifs is 2. The van der Waals surface area contributed by atoms with Gasteiger partial charge >= 0.3 is 0 Å². The lowest BCUT2D eigenvalue weighted by atomic mass is 9.88. The standard InChI is InChI=1S/C11H14N2O2S/c12-16(14,15)13-7-9-3-1-2-4-10(9)11(8-13)5-6-11/h1-4H,5-8H2,(H2,12,14,15). The molecule has 0 atom stereocenters. The van der Waals surface area contributed by atoms with E-state index in [-0.39, 0.29) is 5.41 Å². The monoisotopic (exact) mass is 238 g/mol. The van der Waals surface area contributed by atoms with Gasteiger partial charge in [-0.15, -0.1) is 0 Å². The van der Waals surface area contributed by atoms with E-state index in [4.69, 9.17) is 5.14 Å². The molecule has 16 heavy (non-hydrogen) atoms. The first kappa shape index (κ1) is 10.3. The normalized spacial score (nSPS) is 23.1. The van der Waals surface area contributed by atoms with Crippen molar-refractivity contribution in [2.75, 3.05) is 6.54 Å². The molecule has 2 aliphatic rings. The molecule has 1 spiro atoms. The summed E-state index contributed by atoms with van der Waals surface area (Å²) < 4.78 is 24.2. The summed E-state index contributed by atoms with van der Waals surface area (Å²) in [6, 6.07) is 8.07. The number of hydrogen-bond donors (Lipinski definition) is 1. The van der Waals surface area contributed by atoms with Crippen LogP contribution in [-0.2, 0) is 22.2 Å². The van der Waals surface area contributed by atoms with Crippen LogP contribution < -0.4 is 5.14 Å². The zero-order valence-electron chi connectivity index (χ0n) is 8.89.